The van der Waals surface area contributed by atoms with Crippen molar-refractivity contribution < 1.29 is 9.47 Å². The van der Waals surface area contributed by atoms with E-state index in [1.807, 2.05) is 36.4 Å². The van der Waals surface area contributed by atoms with Crippen molar-refractivity contribution in [3.05, 3.63) is 48.0 Å². The van der Waals surface area contributed by atoms with Gasteiger partial charge >= 0.3 is 0 Å². The van der Waals surface area contributed by atoms with Crippen molar-refractivity contribution in [1.82, 2.24) is 9.55 Å². The first-order valence-corrected chi connectivity index (χ1v) is 7.98. The number of hydrogen-bond acceptors (Lipinski definition) is 4. The zero-order valence-corrected chi connectivity index (χ0v) is 14.2. The molecule has 0 saturated heterocycles. The van der Waals surface area contributed by atoms with Gasteiger partial charge in [-0.05, 0) is 42.3 Å². The normalized spacial score (nSPS) is 11.3. The number of aliphatic imine (C=N–C) groups is 1. The van der Waals surface area contributed by atoms with Gasteiger partial charge in [0.05, 0.1) is 25.3 Å². The third kappa shape index (κ3) is 3.11. The average Bonchev–Trinajstić information content (AvgIpc) is 2.98. The second-order valence-electron chi connectivity index (χ2n) is 5.42. The van der Waals surface area contributed by atoms with Gasteiger partial charge in [0, 0.05) is 12.8 Å². The Bertz CT molecular complexity index is 868. The van der Waals surface area contributed by atoms with Crippen LogP contribution in [0.2, 0.25) is 0 Å². The molecular weight excluding hydrogens is 302 g/mol. The van der Waals surface area contributed by atoms with Gasteiger partial charge in [-0.2, -0.15) is 0 Å². The fourth-order valence-corrected chi connectivity index (χ4v) is 2.67. The van der Waals surface area contributed by atoms with Gasteiger partial charge in [-0.1, -0.05) is 19.1 Å². The number of benzene rings is 2. The first-order valence-electron chi connectivity index (χ1n) is 7.98. The lowest BCUT2D eigenvalue weighted by Gasteiger charge is -2.07. The minimum absolute atomic E-state index is 0.684. The monoisotopic (exact) mass is 323 g/mol. The summed E-state index contributed by atoms with van der Waals surface area (Å²) in [5.74, 6) is 2.10. The lowest BCUT2D eigenvalue weighted by atomic mass is 10.2. The summed E-state index contributed by atoms with van der Waals surface area (Å²) in [5.41, 5.74) is 3.01. The smallest absolute Gasteiger partial charge is 0.230 e. The van der Waals surface area contributed by atoms with Crippen molar-refractivity contribution in [2.45, 2.75) is 19.9 Å². The second-order valence-corrected chi connectivity index (χ2v) is 5.42. The summed E-state index contributed by atoms with van der Waals surface area (Å²) in [5, 5.41) is 0. The maximum absolute atomic E-state index is 5.33. The molecule has 0 unspecified atom stereocenters. The van der Waals surface area contributed by atoms with Gasteiger partial charge < -0.3 is 14.0 Å². The highest BCUT2D eigenvalue weighted by Crippen LogP contribution is 2.27. The molecule has 1 aromatic heterocycles. The Hall–Kier alpha value is -2.82. The van der Waals surface area contributed by atoms with Crippen molar-refractivity contribution in [3.8, 4) is 11.5 Å². The quantitative estimate of drug-likeness (QED) is 0.638. The number of rotatable bonds is 6. The van der Waals surface area contributed by atoms with Crippen LogP contribution in [0.5, 0.6) is 11.5 Å². The van der Waals surface area contributed by atoms with Crippen LogP contribution >= 0.6 is 0 Å². The Labute approximate surface area is 141 Å². The highest BCUT2D eigenvalue weighted by molar-refractivity contribution is 5.84. The van der Waals surface area contributed by atoms with E-state index in [2.05, 4.69) is 27.5 Å². The Kier molecular flexibility index (Phi) is 4.79. The van der Waals surface area contributed by atoms with E-state index in [0.717, 1.165) is 29.6 Å². The Balaban J connectivity index is 1.97. The van der Waals surface area contributed by atoms with Crippen LogP contribution in [0, 0.1) is 0 Å². The third-order valence-electron chi connectivity index (χ3n) is 3.82. The lowest BCUT2D eigenvalue weighted by Crippen LogP contribution is -1.96. The minimum Gasteiger partial charge on any atom is -0.493 e. The van der Waals surface area contributed by atoms with Gasteiger partial charge in [0.25, 0.3) is 0 Å². The average molecular weight is 323 g/mol. The molecule has 3 aromatic rings. The van der Waals surface area contributed by atoms with Crippen LogP contribution in [0.15, 0.2) is 47.5 Å². The number of methoxy groups -OCH3 is 2. The molecule has 0 bridgehead atoms. The zero-order valence-electron chi connectivity index (χ0n) is 14.2. The van der Waals surface area contributed by atoms with E-state index in [-0.39, 0.29) is 0 Å². The molecule has 124 valence electrons. The molecule has 0 atom stereocenters. The van der Waals surface area contributed by atoms with Gasteiger partial charge in [0.1, 0.15) is 0 Å². The topological polar surface area (TPSA) is 48.6 Å². The number of para-hydroxylation sites is 2. The Morgan fingerprint density at radius 1 is 1.08 bits per heavy atom. The molecule has 5 nitrogen and oxygen atoms in total. The van der Waals surface area contributed by atoms with E-state index in [1.165, 1.54) is 0 Å². The van der Waals surface area contributed by atoms with E-state index < -0.39 is 0 Å². The van der Waals surface area contributed by atoms with Gasteiger partial charge in [0.15, 0.2) is 11.5 Å². The fraction of sp³-hybridized carbons (Fsp3) is 0.263. The molecule has 0 amide bonds. The lowest BCUT2D eigenvalue weighted by molar-refractivity contribution is 0.355. The van der Waals surface area contributed by atoms with Crippen LogP contribution in [0.4, 0.5) is 5.95 Å². The highest BCUT2D eigenvalue weighted by Gasteiger charge is 2.08. The maximum Gasteiger partial charge on any atom is 0.230 e. The largest absolute Gasteiger partial charge is 0.493 e. The summed E-state index contributed by atoms with van der Waals surface area (Å²) in [4.78, 5) is 9.23. The molecule has 0 radical (unpaired) electrons. The first kappa shape index (κ1) is 16.1. The van der Waals surface area contributed by atoms with Crippen molar-refractivity contribution in [3.63, 3.8) is 0 Å². The standard InChI is InChI=1S/C19H21N3O2/c1-4-11-22-16-8-6-5-7-15(16)21-19(22)20-13-14-9-10-17(23-2)18(12-14)24-3/h5-10,12-13H,4,11H2,1-3H3/b20-13+. The number of fused-ring (bicyclic) bond motifs is 1. The molecule has 24 heavy (non-hydrogen) atoms. The molecule has 0 saturated carbocycles. The van der Waals surface area contributed by atoms with Crippen molar-refractivity contribution in [1.29, 1.82) is 0 Å². The second kappa shape index (κ2) is 7.17. The van der Waals surface area contributed by atoms with E-state index in [9.17, 15) is 0 Å². The third-order valence-corrected chi connectivity index (χ3v) is 3.82. The van der Waals surface area contributed by atoms with Crippen LogP contribution in [-0.4, -0.2) is 30.0 Å². The molecular formula is C19H21N3O2. The molecule has 0 aliphatic heterocycles. The Morgan fingerprint density at radius 2 is 1.88 bits per heavy atom. The number of nitrogens with zero attached hydrogens (tertiary/aromatic N) is 3. The maximum atomic E-state index is 5.33. The summed E-state index contributed by atoms with van der Waals surface area (Å²) in [7, 11) is 3.25. The molecule has 0 fully saturated rings. The molecule has 0 aliphatic rings. The number of aryl methyl sites for hydroxylation is 1. The highest BCUT2D eigenvalue weighted by atomic mass is 16.5. The van der Waals surface area contributed by atoms with Crippen molar-refractivity contribution >= 4 is 23.2 Å². The SMILES string of the molecule is CCCn1c(/N=C/c2ccc(OC)c(OC)c2)nc2ccccc21. The molecule has 5 heteroatoms. The van der Waals surface area contributed by atoms with E-state index in [0.29, 0.717) is 17.4 Å². The molecule has 3 rings (SSSR count). The van der Waals surface area contributed by atoms with E-state index >= 15 is 0 Å². The van der Waals surface area contributed by atoms with Crippen LogP contribution in [0.25, 0.3) is 11.0 Å². The van der Waals surface area contributed by atoms with Gasteiger partial charge in [-0.3, -0.25) is 0 Å². The number of ether oxygens (including phenoxy) is 2. The van der Waals surface area contributed by atoms with E-state index in [4.69, 9.17) is 9.47 Å². The van der Waals surface area contributed by atoms with Crippen molar-refractivity contribution in [2.75, 3.05) is 14.2 Å². The van der Waals surface area contributed by atoms with Crippen LogP contribution in [0.1, 0.15) is 18.9 Å². The molecule has 0 N–H and O–H groups in total. The number of aromatic nitrogens is 2. The molecule has 0 spiro atoms. The van der Waals surface area contributed by atoms with Crippen LogP contribution in [-0.2, 0) is 6.54 Å². The Morgan fingerprint density at radius 3 is 2.62 bits per heavy atom. The summed E-state index contributed by atoms with van der Waals surface area (Å²) in [6, 6.07) is 13.8. The number of hydrogen-bond donors (Lipinski definition) is 0. The molecule has 0 aliphatic carbocycles. The molecule has 2 aromatic carbocycles. The minimum atomic E-state index is 0.684. The summed E-state index contributed by atoms with van der Waals surface area (Å²) >= 11 is 0. The van der Waals surface area contributed by atoms with Gasteiger partial charge in [-0.25, -0.2) is 9.98 Å². The zero-order chi connectivity index (χ0) is 16.9. The van der Waals surface area contributed by atoms with Gasteiger partial charge in [-0.15, -0.1) is 0 Å². The van der Waals surface area contributed by atoms with Crippen LogP contribution in [0.3, 0.4) is 0 Å². The fourth-order valence-electron chi connectivity index (χ4n) is 2.67. The number of imidazole rings is 1. The van der Waals surface area contributed by atoms with Crippen molar-refractivity contribution in [2.24, 2.45) is 4.99 Å². The van der Waals surface area contributed by atoms with E-state index in [1.54, 1.807) is 20.4 Å². The summed E-state index contributed by atoms with van der Waals surface area (Å²) in [6.07, 6.45) is 2.83. The first-order chi connectivity index (χ1) is 11.8. The summed E-state index contributed by atoms with van der Waals surface area (Å²) < 4.78 is 12.7. The molecule has 1 heterocycles. The summed E-state index contributed by atoms with van der Waals surface area (Å²) in [6.45, 7) is 3.04. The van der Waals surface area contributed by atoms with Gasteiger partial charge in [0.2, 0.25) is 5.95 Å². The predicted octanol–water partition coefficient (Wildman–Crippen LogP) is 4.21. The predicted molar refractivity (Wildman–Crippen MR) is 96.8 cm³/mol. The van der Waals surface area contributed by atoms with Crippen LogP contribution < -0.4 is 9.47 Å².